The van der Waals surface area contributed by atoms with Gasteiger partial charge >= 0.3 is 0 Å². The van der Waals surface area contributed by atoms with Gasteiger partial charge in [0.2, 0.25) is 0 Å². The lowest BCUT2D eigenvalue weighted by molar-refractivity contribution is 0.353. The molecule has 2 aromatic carbocycles. The van der Waals surface area contributed by atoms with Crippen LogP contribution in [0.25, 0.3) is 0 Å². The van der Waals surface area contributed by atoms with Gasteiger partial charge in [0.05, 0.1) is 24.8 Å². The van der Waals surface area contributed by atoms with E-state index >= 15 is 0 Å². The van der Waals surface area contributed by atoms with E-state index in [0.717, 1.165) is 9.13 Å². The summed E-state index contributed by atoms with van der Waals surface area (Å²) in [6.07, 6.45) is 0. The quantitative estimate of drug-likeness (QED) is 0.710. The number of rotatable bonds is 5. The SMILES string of the molecule is COc1cc(C)c(S(=O)(=O)Nc2ccc(I)cc2C)cc1OC. The first-order valence-electron chi connectivity index (χ1n) is 6.80. The van der Waals surface area contributed by atoms with Crippen LogP contribution in [0.15, 0.2) is 35.2 Å². The number of ether oxygens (including phenoxy) is 2. The minimum atomic E-state index is -3.72. The average Bonchev–Trinajstić information content (AvgIpc) is 2.49. The Balaban J connectivity index is 2.47. The highest BCUT2D eigenvalue weighted by Crippen LogP contribution is 2.33. The maximum atomic E-state index is 12.7. The molecule has 0 atom stereocenters. The number of benzene rings is 2. The second-order valence-electron chi connectivity index (χ2n) is 5.04. The van der Waals surface area contributed by atoms with E-state index in [-0.39, 0.29) is 4.90 Å². The molecule has 0 fully saturated rings. The molecule has 0 unspecified atom stereocenters. The molecular weight excluding hydrogens is 429 g/mol. The molecule has 5 nitrogen and oxygen atoms in total. The molecule has 0 saturated carbocycles. The van der Waals surface area contributed by atoms with Crippen molar-refractivity contribution in [2.45, 2.75) is 18.7 Å². The standard InChI is InChI=1S/C16H18INO4S/c1-10-7-12(17)5-6-13(10)18-23(19,20)16-9-15(22-4)14(21-3)8-11(16)2/h5-9,18H,1-4H3. The van der Waals surface area contributed by atoms with Crippen molar-refractivity contribution in [1.82, 2.24) is 0 Å². The van der Waals surface area contributed by atoms with Crippen LogP contribution in [0.5, 0.6) is 11.5 Å². The zero-order valence-corrected chi connectivity index (χ0v) is 16.3. The van der Waals surface area contributed by atoms with Crippen LogP contribution in [0.4, 0.5) is 5.69 Å². The fourth-order valence-corrected chi connectivity index (χ4v) is 4.21. The number of methoxy groups -OCH3 is 2. The lowest BCUT2D eigenvalue weighted by Crippen LogP contribution is -2.15. The Labute approximate surface area is 150 Å². The van der Waals surface area contributed by atoms with Crippen molar-refractivity contribution in [3.63, 3.8) is 0 Å². The first kappa shape index (κ1) is 17.9. The molecule has 2 rings (SSSR count). The van der Waals surface area contributed by atoms with Gasteiger partial charge in [0, 0.05) is 9.64 Å². The highest BCUT2D eigenvalue weighted by Gasteiger charge is 2.21. The Morgan fingerprint density at radius 1 is 0.957 bits per heavy atom. The summed E-state index contributed by atoms with van der Waals surface area (Å²) in [7, 11) is -0.740. The summed E-state index contributed by atoms with van der Waals surface area (Å²) < 4.78 is 39.5. The fraction of sp³-hybridized carbons (Fsp3) is 0.250. The summed E-state index contributed by atoms with van der Waals surface area (Å²) in [5.74, 6) is 0.868. The molecule has 2 aromatic rings. The molecule has 0 aromatic heterocycles. The van der Waals surface area contributed by atoms with Crippen molar-refractivity contribution in [2.24, 2.45) is 0 Å². The monoisotopic (exact) mass is 447 g/mol. The normalized spacial score (nSPS) is 11.2. The predicted octanol–water partition coefficient (Wildman–Crippen LogP) is 3.73. The van der Waals surface area contributed by atoms with Gasteiger partial charge in [-0.1, -0.05) is 0 Å². The maximum Gasteiger partial charge on any atom is 0.262 e. The molecule has 0 amide bonds. The zero-order chi connectivity index (χ0) is 17.2. The number of hydrogen-bond donors (Lipinski definition) is 1. The Bertz CT molecular complexity index is 834. The van der Waals surface area contributed by atoms with Crippen LogP contribution >= 0.6 is 22.6 Å². The van der Waals surface area contributed by atoms with Crippen LogP contribution in [0.3, 0.4) is 0 Å². The van der Waals surface area contributed by atoms with E-state index in [2.05, 4.69) is 27.3 Å². The van der Waals surface area contributed by atoms with Gasteiger partial charge in [-0.15, -0.1) is 0 Å². The van der Waals surface area contributed by atoms with Crippen molar-refractivity contribution >= 4 is 38.3 Å². The second kappa shape index (κ2) is 6.96. The molecule has 0 aliphatic rings. The summed E-state index contributed by atoms with van der Waals surface area (Å²) >= 11 is 2.19. The third-order valence-electron chi connectivity index (χ3n) is 3.40. The van der Waals surface area contributed by atoms with Crippen molar-refractivity contribution < 1.29 is 17.9 Å². The largest absolute Gasteiger partial charge is 0.493 e. The predicted molar refractivity (Wildman–Crippen MR) is 99.0 cm³/mol. The highest BCUT2D eigenvalue weighted by atomic mass is 127. The highest BCUT2D eigenvalue weighted by molar-refractivity contribution is 14.1. The van der Waals surface area contributed by atoms with E-state index in [1.807, 2.05) is 19.1 Å². The number of anilines is 1. The van der Waals surface area contributed by atoms with E-state index in [9.17, 15) is 8.42 Å². The molecule has 0 spiro atoms. The number of aryl methyl sites for hydroxylation is 2. The number of hydrogen-bond acceptors (Lipinski definition) is 4. The van der Waals surface area contributed by atoms with Gasteiger partial charge < -0.3 is 9.47 Å². The summed E-state index contributed by atoms with van der Waals surface area (Å²) in [6, 6.07) is 8.64. The summed E-state index contributed by atoms with van der Waals surface area (Å²) in [6.45, 7) is 3.58. The Morgan fingerprint density at radius 3 is 2.13 bits per heavy atom. The third kappa shape index (κ3) is 3.89. The van der Waals surface area contributed by atoms with Crippen LogP contribution in [0.1, 0.15) is 11.1 Å². The van der Waals surface area contributed by atoms with E-state index in [4.69, 9.17) is 9.47 Å². The fourth-order valence-electron chi connectivity index (χ4n) is 2.19. The molecule has 0 aliphatic carbocycles. The topological polar surface area (TPSA) is 64.6 Å². The van der Waals surface area contributed by atoms with E-state index in [0.29, 0.717) is 22.7 Å². The van der Waals surface area contributed by atoms with E-state index in [1.54, 1.807) is 19.1 Å². The maximum absolute atomic E-state index is 12.7. The van der Waals surface area contributed by atoms with Crippen molar-refractivity contribution in [3.8, 4) is 11.5 Å². The molecule has 0 saturated heterocycles. The summed E-state index contributed by atoms with van der Waals surface area (Å²) in [4.78, 5) is 0.160. The smallest absolute Gasteiger partial charge is 0.262 e. The summed E-state index contributed by atoms with van der Waals surface area (Å²) in [5, 5.41) is 0. The van der Waals surface area contributed by atoms with Crippen molar-refractivity contribution in [1.29, 1.82) is 0 Å². The van der Waals surface area contributed by atoms with Crippen LogP contribution in [0.2, 0.25) is 0 Å². The van der Waals surface area contributed by atoms with Gasteiger partial charge in [0.1, 0.15) is 0 Å². The molecule has 7 heteroatoms. The van der Waals surface area contributed by atoms with Crippen LogP contribution in [-0.2, 0) is 10.0 Å². The minimum absolute atomic E-state index is 0.160. The number of halogens is 1. The van der Waals surface area contributed by atoms with Crippen LogP contribution < -0.4 is 14.2 Å². The average molecular weight is 447 g/mol. The molecule has 1 N–H and O–H groups in total. The molecule has 124 valence electrons. The Morgan fingerprint density at radius 2 is 1.57 bits per heavy atom. The van der Waals surface area contributed by atoms with Gasteiger partial charge in [-0.25, -0.2) is 8.42 Å². The van der Waals surface area contributed by atoms with Gasteiger partial charge in [0.25, 0.3) is 10.0 Å². The Kier molecular flexibility index (Phi) is 5.41. The van der Waals surface area contributed by atoms with Crippen molar-refractivity contribution in [2.75, 3.05) is 18.9 Å². The third-order valence-corrected chi connectivity index (χ3v) is 5.58. The molecule has 23 heavy (non-hydrogen) atoms. The number of nitrogens with one attached hydrogen (secondary N) is 1. The van der Waals surface area contributed by atoms with Gasteiger partial charge in [-0.3, -0.25) is 4.72 Å². The lowest BCUT2D eigenvalue weighted by Gasteiger charge is -2.15. The first-order valence-corrected chi connectivity index (χ1v) is 9.36. The second-order valence-corrected chi connectivity index (χ2v) is 7.93. The van der Waals surface area contributed by atoms with Gasteiger partial charge in [0.15, 0.2) is 11.5 Å². The Hall–Kier alpha value is -1.48. The van der Waals surface area contributed by atoms with Crippen molar-refractivity contribution in [3.05, 3.63) is 45.0 Å². The summed E-state index contributed by atoms with van der Waals surface area (Å²) in [5.41, 5.74) is 2.00. The van der Waals surface area contributed by atoms with Gasteiger partial charge in [-0.05, 0) is 71.8 Å². The van der Waals surface area contributed by atoms with E-state index < -0.39 is 10.0 Å². The first-order chi connectivity index (χ1) is 10.8. The number of sulfonamides is 1. The van der Waals surface area contributed by atoms with Gasteiger partial charge in [-0.2, -0.15) is 0 Å². The molecule has 0 radical (unpaired) electrons. The molecular formula is C16H18INO4S. The lowest BCUT2D eigenvalue weighted by atomic mass is 10.2. The van der Waals surface area contributed by atoms with Crippen LogP contribution in [0, 0.1) is 17.4 Å². The molecule has 0 heterocycles. The minimum Gasteiger partial charge on any atom is -0.493 e. The molecule has 0 aliphatic heterocycles. The molecule has 0 bridgehead atoms. The van der Waals surface area contributed by atoms with E-state index in [1.165, 1.54) is 20.3 Å². The van der Waals surface area contributed by atoms with Crippen LogP contribution in [-0.4, -0.2) is 22.6 Å². The zero-order valence-electron chi connectivity index (χ0n) is 13.3.